The molecule has 2 aromatic rings. The van der Waals surface area contributed by atoms with Gasteiger partial charge in [0, 0.05) is 15.6 Å². The molecule has 2 rings (SSSR count). The van der Waals surface area contributed by atoms with Crippen LogP contribution in [0.3, 0.4) is 0 Å². The summed E-state index contributed by atoms with van der Waals surface area (Å²) in [6.45, 7) is 0. The van der Waals surface area contributed by atoms with Gasteiger partial charge in [-0.3, -0.25) is 0 Å². The van der Waals surface area contributed by atoms with E-state index in [2.05, 4.69) is 15.9 Å². The lowest BCUT2D eigenvalue weighted by Crippen LogP contribution is -1.89. The number of hydrogen-bond donors (Lipinski definition) is 0. The molecule has 82 valence electrons. The Labute approximate surface area is 105 Å². The highest BCUT2D eigenvalue weighted by Gasteiger charge is 2.13. The molecule has 0 aliphatic carbocycles. The molecule has 0 aliphatic heterocycles. The van der Waals surface area contributed by atoms with Crippen LogP contribution in [-0.4, -0.2) is 0 Å². The molecule has 2 aromatic carbocycles. The van der Waals surface area contributed by atoms with E-state index in [1.807, 2.05) is 0 Å². The lowest BCUT2D eigenvalue weighted by Gasteiger charge is -2.07. The van der Waals surface area contributed by atoms with Crippen molar-refractivity contribution in [2.45, 2.75) is 0 Å². The number of benzene rings is 2. The smallest absolute Gasteiger partial charge is 0.132 e. The molecule has 0 nitrogen and oxygen atoms in total. The van der Waals surface area contributed by atoms with Gasteiger partial charge in [0.2, 0.25) is 0 Å². The van der Waals surface area contributed by atoms with Crippen LogP contribution in [0.2, 0.25) is 5.02 Å². The molecule has 0 atom stereocenters. The molecule has 0 amide bonds. The molecule has 0 spiro atoms. The van der Waals surface area contributed by atoms with Gasteiger partial charge in [-0.25, -0.2) is 8.78 Å². The van der Waals surface area contributed by atoms with Gasteiger partial charge in [0.25, 0.3) is 0 Å². The fourth-order valence-corrected chi connectivity index (χ4v) is 2.05. The zero-order chi connectivity index (χ0) is 11.7. The highest BCUT2D eigenvalue weighted by Crippen LogP contribution is 2.33. The predicted octanol–water partition coefficient (Wildman–Crippen LogP) is 5.05. The minimum Gasteiger partial charge on any atom is -0.206 e. The quantitative estimate of drug-likeness (QED) is 0.692. The van der Waals surface area contributed by atoms with E-state index in [4.69, 9.17) is 11.6 Å². The van der Waals surface area contributed by atoms with Crippen LogP contribution < -0.4 is 0 Å². The molecule has 0 unspecified atom stereocenters. The van der Waals surface area contributed by atoms with Crippen molar-refractivity contribution in [2.24, 2.45) is 0 Å². The Kier molecular flexibility index (Phi) is 3.26. The van der Waals surface area contributed by atoms with Crippen molar-refractivity contribution in [3.05, 3.63) is 57.5 Å². The van der Waals surface area contributed by atoms with Crippen LogP contribution in [0.25, 0.3) is 11.1 Å². The van der Waals surface area contributed by atoms with Crippen LogP contribution in [0.1, 0.15) is 0 Å². The fraction of sp³-hybridized carbons (Fsp3) is 0. The number of rotatable bonds is 1. The summed E-state index contributed by atoms with van der Waals surface area (Å²) in [5, 5.41) is 0.196. The largest absolute Gasteiger partial charge is 0.206 e. The second kappa shape index (κ2) is 4.52. The summed E-state index contributed by atoms with van der Waals surface area (Å²) in [6.07, 6.45) is 0. The molecule has 16 heavy (non-hydrogen) atoms. The van der Waals surface area contributed by atoms with Crippen molar-refractivity contribution < 1.29 is 8.78 Å². The predicted molar refractivity (Wildman–Crippen MR) is 64.5 cm³/mol. The molecular weight excluding hydrogens is 297 g/mol. The van der Waals surface area contributed by atoms with Gasteiger partial charge < -0.3 is 0 Å². The maximum absolute atomic E-state index is 13.6. The summed E-state index contributed by atoms with van der Waals surface area (Å²) in [4.78, 5) is 0. The van der Waals surface area contributed by atoms with Gasteiger partial charge in [0.15, 0.2) is 0 Å². The van der Waals surface area contributed by atoms with Crippen LogP contribution in [0.15, 0.2) is 40.9 Å². The van der Waals surface area contributed by atoms with Gasteiger partial charge in [-0.1, -0.05) is 39.7 Å². The first-order valence-electron chi connectivity index (χ1n) is 4.49. The third-order valence-corrected chi connectivity index (χ3v) is 2.97. The Hall–Kier alpha value is -0.930. The Balaban J connectivity index is 2.68. The third-order valence-electron chi connectivity index (χ3n) is 2.16. The van der Waals surface area contributed by atoms with E-state index in [9.17, 15) is 8.78 Å². The van der Waals surface area contributed by atoms with Gasteiger partial charge >= 0.3 is 0 Å². The SMILES string of the molecule is Fc1cc(Br)ccc1-c1c(F)cccc1Cl. The molecule has 0 aromatic heterocycles. The first kappa shape index (κ1) is 11.6. The van der Waals surface area contributed by atoms with Gasteiger partial charge in [-0.2, -0.15) is 0 Å². The van der Waals surface area contributed by atoms with E-state index in [-0.39, 0.29) is 16.1 Å². The minimum absolute atomic E-state index is 0.0918. The van der Waals surface area contributed by atoms with Crippen molar-refractivity contribution in [2.75, 3.05) is 0 Å². The normalized spacial score (nSPS) is 10.5. The Morgan fingerprint density at radius 3 is 2.38 bits per heavy atom. The highest BCUT2D eigenvalue weighted by molar-refractivity contribution is 9.10. The number of hydrogen-bond acceptors (Lipinski definition) is 0. The Morgan fingerprint density at radius 2 is 1.75 bits per heavy atom. The summed E-state index contributed by atoms with van der Waals surface area (Å²) in [6, 6.07) is 8.67. The van der Waals surface area contributed by atoms with Crippen molar-refractivity contribution in [3.8, 4) is 11.1 Å². The lowest BCUT2D eigenvalue weighted by molar-refractivity contribution is 0.616. The molecule has 0 N–H and O–H groups in total. The molecule has 0 saturated carbocycles. The molecule has 0 radical (unpaired) electrons. The summed E-state index contributed by atoms with van der Waals surface area (Å²) in [7, 11) is 0. The summed E-state index contributed by atoms with van der Waals surface area (Å²) in [5.74, 6) is -1.05. The third kappa shape index (κ3) is 2.11. The summed E-state index contributed by atoms with van der Waals surface area (Å²) in [5.41, 5.74) is 0.250. The Bertz CT molecular complexity index is 520. The topological polar surface area (TPSA) is 0 Å². The van der Waals surface area contributed by atoms with Crippen LogP contribution in [0, 0.1) is 11.6 Å². The van der Waals surface area contributed by atoms with Crippen molar-refractivity contribution in [1.29, 1.82) is 0 Å². The molecule has 0 saturated heterocycles. The van der Waals surface area contributed by atoms with E-state index in [0.717, 1.165) is 0 Å². The van der Waals surface area contributed by atoms with Crippen LogP contribution in [0.4, 0.5) is 8.78 Å². The average Bonchev–Trinajstić information content (AvgIpc) is 2.20. The van der Waals surface area contributed by atoms with Crippen LogP contribution >= 0.6 is 27.5 Å². The molecule has 0 fully saturated rings. The van der Waals surface area contributed by atoms with E-state index in [1.54, 1.807) is 6.07 Å². The van der Waals surface area contributed by atoms with Crippen molar-refractivity contribution in [1.82, 2.24) is 0 Å². The fourth-order valence-electron chi connectivity index (χ4n) is 1.45. The molecule has 4 heteroatoms. The molecule has 0 aliphatic rings. The first-order valence-corrected chi connectivity index (χ1v) is 5.66. The summed E-state index contributed by atoms with van der Waals surface area (Å²) < 4.78 is 27.8. The zero-order valence-corrected chi connectivity index (χ0v) is 10.3. The molecule has 0 heterocycles. The van der Waals surface area contributed by atoms with E-state index < -0.39 is 11.6 Å². The minimum atomic E-state index is -0.534. The van der Waals surface area contributed by atoms with E-state index >= 15 is 0 Å². The average molecular weight is 304 g/mol. The monoisotopic (exact) mass is 302 g/mol. The maximum Gasteiger partial charge on any atom is 0.132 e. The van der Waals surface area contributed by atoms with Crippen LogP contribution in [-0.2, 0) is 0 Å². The second-order valence-electron chi connectivity index (χ2n) is 3.22. The lowest BCUT2D eigenvalue weighted by atomic mass is 10.0. The number of halogens is 4. The van der Waals surface area contributed by atoms with E-state index in [0.29, 0.717) is 4.47 Å². The Morgan fingerprint density at radius 1 is 1.00 bits per heavy atom. The van der Waals surface area contributed by atoms with Gasteiger partial charge in [0.1, 0.15) is 11.6 Å². The van der Waals surface area contributed by atoms with Crippen LogP contribution in [0.5, 0.6) is 0 Å². The van der Waals surface area contributed by atoms with Gasteiger partial charge in [0.05, 0.1) is 5.02 Å². The standard InChI is InChI=1S/C12H6BrClF2/c13-7-4-5-8(11(16)6-7)12-9(14)2-1-3-10(12)15/h1-6H. The van der Waals surface area contributed by atoms with Crippen molar-refractivity contribution >= 4 is 27.5 Å². The van der Waals surface area contributed by atoms with Crippen molar-refractivity contribution in [3.63, 3.8) is 0 Å². The zero-order valence-electron chi connectivity index (χ0n) is 7.98. The maximum atomic E-state index is 13.6. The molecular formula is C12H6BrClF2. The van der Waals surface area contributed by atoms with Gasteiger partial charge in [-0.15, -0.1) is 0 Å². The van der Waals surface area contributed by atoms with E-state index in [1.165, 1.54) is 30.3 Å². The first-order chi connectivity index (χ1) is 7.59. The van der Waals surface area contributed by atoms with Gasteiger partial charge in [-0.05, 0) is 24.3 Å². The second-order valence-corrected chi connectivity index (χ2v) is 4.54. The summed E-state index contributed by atoms with van der Waals surface area (Å²) >= 11 is 9.00. The molecule has 0 bridgehead atoms. The highest BCUT2D eigenvalue weighted by atomic mass is 79.9.